The van der Waals surface area contributed by atoms with E-state index in [1.165, 1.54) is 0 Å². The predicted octanol–water partition coefficient (Wildman–Crippen LogP) is 5.20. The minimum absolute atomic E-state index is 0.0289. The van der Waals surface area contributed by atoms with Crippen LogP contribution in [0.3, 0.4) is 0 Å². The number of hydrogen-bond acceptors (Lipinski definition) is 5. The summed E-state index contributed by atoms with van der Waals surface area (Å²) in [6.45, 7) is 8.77. The maximum Gasteiger partial charge on any atom is 0.224 e. The molecule has 2 aliphatic rings. The van der Waals surface area contributed by atoms with E-state index in [4.69, 9.17) is 14.6 Å². The van der Waals surface area contributed by atoms with Crippen LogP contribution in [0.4, 0.5) is 0 Å². The van der Waals surface area contributed by atoms with E-state index in [2.05, 4.69) is 52.5 Å². The third kappa shape index (κ3) is 6.41. The van der Waals surface area contributed by atoms with Crippen LogP contribution in [-0.4, -0.2) is 66.4 Å². The molecule has 2 aromatic rings. The predicted molar refractivity (Wildman–Crippen MR) is 140 cm³/mol. The molecule has 34 heavy (non-hydrogen) atoms. The number of carbonyl (C=O) groups is 1. The minimum atomic E-state index is -1.15. The first kappa shape index (κ1) is 25.7. The zero-order valence-electron chi connectivity index (χ0n) is 20.6. The van der Waals surface area contributed by atoms with Crippen LogP contribution in [0.25, 0.3) is 10.9 Å². The van der Waals surface area contributed by atoms with Crippen molar-refractivity contribution >= 4 is 40.8 Å². The van der Waals surface area contributed by atoms with Gasteiger partial charge in [-0.2, -0.15) is 5.10 Å². The van der Waals surface area contributed by atoms with Gasteiger partial charge in [-0.3, -0.25) is 9.48 Å². The molecule has 2 fully saturated rings. The summed E-state index contributed by atoms with van der Waals surface area (Å²) < 4.78 is 15.0. The van der Waals surface area contributed by atoms with Gasteiger partial charge in [0.15, 0.2) is 0 Å². The second kappa shape index (κ2) is 11.1. The number of likely N-dealkylation sites (tertiary alicyclic amines) is 1. The summed E-state index contributed by atoms with van der Waals surface area (Å²) in [7, 11) is -1.15. The molecule has 0 spiro atoms. The van der Waals surface area contributed by atoms with Crippen molar-refractivity contribution in [1.82, 2.24) is 14.7 Å². The molecule has 1 saturated carbocycles. The highest BCUT2D eigenvalue weighted by Gasteiger charge is 2.32. The van der Waals surface area contributed by atoms with E-state index in [1.807, 2.05) is 11.0 Å². The number of hydrogen-bond donors (Lipinski definition) is 1. The van der Waals surface area contributed by atoms with Gasteiger partial charge in [-0.1, -0.05) is 19.6 Å². The van der Waals surface area contributed by atoms with Crippen LogP contribution in [0.2, 0.25) is 25.7 Å². The Balaban J connectivity index is 1.36. The zero-order chi connectivity index (χ0) is 24.3. The number of ether oxygens (including phenoxy) is 2. The van der Waals surface area contributed by atoms with Crippen LogP contribution in [0, 0.1) is 5.92 Å². The molecule has 1 aromatic heterocycles. The summed E-state index contributed by atoms with van der Waals surface area (Å²) >= 11 is 3.66. The lowest BCUT2D eigenvalue weighted by molar-refractivity contribution is -0.134. The molecule has 1 aromatic carbocycles. The lowest BCUT2D eigenvalue weighted by Gasteiger charge is -2.27. The molecule has 1 saturated heterocycles. The molecule has 0 unspecified atom stereocenters. The number of aliphatic hydroxyl groups is 1. The van der Waals surface area contributed by atoms with Gasteiger partial charge in [0, 0.05) is 45.4 Å². The normalized spacial score (nSPS) is 23.7. The first-order chi connectivity index (χ1) is 16.2. The Hall–Kier alpha value is -1.42. The third-order valence-corrected chi connectivity index (χ3v) is 9.46. The Kier molecular flexibility index (Phi) is 8.38. The van der Waals surface area contributed by atoms with Gasteiger partial charge < -0.3 is 19.5 Å². The summed E-state index contributed by atoms with van der Waals surface area (Å²) in [5.74, 6) is 1.33. The fourth-order valence-electron chi connectivity index (χ4n) is 4.80. The van der Waals surface area contributed by atoms with Crippen molar-refractivity contribution in [2.75, 3.05) is 26.6 Å². The van der Waals surface area contributed by atoms with Crippen molar-refractivity contribution in [2.45, 2.75) is 76.3 Å². The average Bonchev–Trinajstić information content (AvgIpc) is 3.37. The van der Waals surface area contributed by atoms with Crippen LogP contribution in [0.1, 0.15) is 44.6 Å². The number of halogens is 1. The largest absolute Gasteiger partial charge is 0.490 e. The third-order valence-electron chi connectivity index (χ3n) is 7.13. The summed E-state index contributed by atoms with van der Waals surface area (Å²) in [5.41, 5.74) is 0.913. The molecule has 1 atom stereocenters. The van der Waals surface area contributed by atoms with Crippen LogP contribution in [0.5, 0.6) is 5.75 Å². The topological polar surface area (TPSA) is 76.8 Å². The van der Waals surface area contributed by atoms with Gasteiger partial charge in [0.05, 0.1) is 22.1 Å². The summed E-state index contributed by atoms with van der Waals surface area (Å²) in [6, 6.07) is 5.56. The van der Waals surface area contributed by atoms with Crippen molar-refractivity contribution in [3.8, 4) is 5.75 Å². The van der Waals surface area contributed by atoms with Gasteiger partial charge >= 0.3 is 0 Å². The summed E-state index contributed by atoms with van der Waals surface area (Å²) in [5, 5.41) is 15.3. The average molecular weight is 553 g/mol. The first-order valence-electron chi connectivity index (χ1n) is 12.5. The second-order valence-corrected chi connectivity index (χ2v) is 17.5. The number of aliphatic hydroxyl groups excluding tert-OH is 1. The molecule has 1 aliphatic heterocycles. The van der Waals surface area contributed by atoms with Gasteiger partial charge in [-0.25, -0.2) is 0 Å². The van der Waals surface area contributed by atoms with Gasteiger partial charge in [0.25, 0.3) is 0 Å². The first-order valence-corrected chi connectivity index (χ1v) is 17.0. The highest BCUT2D eigenvalue weighted by molar-refractivity contribution is 9.10. The van der Waals surface area contributed by atoms with Gasteiger partial charge in [0.1, 0.15) is 19.1 Å². The number of carbonyl (C=O) groups excluding carboxylic acids is 1. The van der Waals surface area contributed by atoms with Crippen LogP contribution >= 0.6 is 15.9 Å². The Morgan fingerprint density at radius 3 is 2.65 bits per heavy atom. The number of nitrogens with zero attached hydrogens (tertiary/aromatic N) is 3. The Labute approximate surface area is 211 Å². The SMILES string of the molecule is C[Si](C)(C)CCOCN1C(=O)CC[C@H]1COc1cc2nn([C@H]3CC[C@H](CO)CC3)cc2cc1Br. The minimum Gasteiger partial charge on any atom is -0.490 e. The number of amides is 1. The van der Waals surface area contributed by atoms with Crippen molar-refractivity contribution in [3.05, 3.63) is 22.8 Å². The Bertz CT molecular complexity index is 984. The molecule has 9 heteroatoms. The standard InChI is InChI=1S/C25H38BrN3O4Si/c1-34(2,3)11-10-32-17-28-21(8-9-25(28)31)16-33-24-13-23-19(12-22(24)26)14-29(27-23)20-6-4-18(15-30)5-7-20/h12-14,18,20-21,30H,4-11,15-17H2,1-3H3/t18-,20-,21-/m0/s1. The molecule has 0 bridgehead atoms. The monoisotopic (exact) mass is 551 g/mol. The van der Waals surface area contributed by atoms with E-state index in [0.29, 0.717) is 38.3 Å². The molecule has 1 amide bonds. The van der Waals surface area contributed by atoms with E-state index in [1.54, 1.807) is 0 Å². The zero-order valence-corrected chi connectivity index (χ0v) is 23.2. The van der Waals surface area contributed by atoms with E-state index in [-0.39, 0.29) is 18.6 Å². The molecule has 1 aliphatic carbocycles. The van der Waals surface area contributed by atoms with E-state index >= 15 is 0 Å². The van der Waals surface area contributed by atoms with Crippen molar-refractivity contribution in [1.29, 1.82) is 0 Å². The number of rotatable bonds is 10. The van der Waals surface area contributed by atoms with Crippen molar-refractivity contribution in [2.24, 2.45) is 5.92 Å². The fraction of sp³-hybridized carbons (Fsp3) is 0.680. The molecule has 7 nitrogen and oxygen atoms in total. The lowest BCUT2D eigenvalue weighted by Crippen LogP contribution is -2.39. The van der Waals surface area contributed by atoms with E-state index in [0.717, 1.165) is 59.3 Å². The Morgan fingerprint density at radius 2 is 1.94 bits per heavy atom. The lowest BCUT2D eigenvalue weighted by atomic mass is 9.87. The number of benzene rings is 1. The molecule has 4 rings (SSSR count). The maximum atomic E-state index is 12.4. The quantitative estimate of drug-likeness (QED) is 0.324. The van der Waals surface area contributed by atoms with Crippen LogP contribution < -0.4 is 4.74 Å². The van der Waals surface area contributed by atoms with Crippen LogP contribution in [0.15, 0.2) is 22.8 Å². The Morgan fingerprint density at radius 1 is 1.18 bits per heavy atom. The molecular weight excluding hydrogens is 514 g/mol. The summed E-state index contributed by atoms with van der Waals surface area (Å²) in [4.78, 5) is 14.2. The van der Waals surface area contributed by atoms with Crippen LogP contribution in [-0.2, 0) is 9.53 Å². The van der Waals surface area contributed by atoms with E-state index in [9.17, 15) is 9.90 Å². The smallest absolute Gasteiger partial charge is 0.224 e. The molecule has 2 heterocycles. The van der Waals surface area contributed by atoms with Gasteiger partial charge in [0.2, 0.25) is 5.91 Å². The second-order valence-electron chi connectivity index (χ2n) is 11.0. The van der Waals surface area contributed by atoms with Gasteiger partial charge in [-0.05, 0) is 66.1 Å². The van der Waals surface area contributed by atoms with E-state index < -0.39 is 8.07 Å². The van der Waals surface area contributed by atoms with Crippen molar-refractivity contribution < 1.29 is 19.4 Å². The van der Waals surface area contributed by atoms with Crippen molar-refractivity contribution in [3.63, 3.8) is 0 Å². The molecule has 1 N–H and O–H groups in total. The molecule has 0 radical (unpaired) electrons. The highest BCUT2D eigenvalue weighted by atomic mass is 79.9. The summed E-state index contributed by atoms with van der Waals surface area (Å²) in [6.07, 6.45) is 7.66. The van der Waals surface area contributed by atoms with Gasteiger partial charge in [-0.15, -0.1) is 0 Å². The number of aromatic nitrogens is 2. The molecular formula is C25H38BrN3O4Si. The highest BCUT2D eigenvalue weighted by Crippen LogP contribution is 2.35. The molecule has 188 valence electrons. The fourth-order valence-corrected chi connectivity index (χ4v) is 6.04. The maximum absolute atomic E-state index is 12.4. The number of fused-ring (bicyclic) bond motifs is 1.